The summed E-state index contributed by atoms with van der Waals surface area (Å²) >= 11 is 0. The van der Waals surface area contributed by atoms with Crippen LogP contribution in [-0.4, -0.2) is 27.3 Å². The number of nitrogens with one attached hydrogen (secondary N) is 1. The normalized spacial score (nSPS) is 12.9. The second kappa shape index (κ2) is 4.93. The van der Waals surface area contributed by atoms with Gasteiger partial charge in [-0.2, -0.15) is 0 Å². The van der Waals surface area contributed by atoms with Crippen LogP contribution in [0.2, 0.25) is 0 Å². The quantitative estimate of drug-likeness (QED) is 0.766. The Morgan fingerprint density at radius 2 is 2.20 bits per heavy atom. The third-order valence-corrected chi connectivity index (χ3v) is 1.99. The molecule has 0 radical (unpaired) electrons. The van der Waals surface area contributed by atoms with Crippen molar-refractivity contribution in [1.82, 2.24) is 9.55 Å². The summed E-state index contributed by atoms with van der Waals surface area (Å²) in [5.74, 6) is 0.284. The second-order valence-electron chi connectivity index (χ2n) is 3.81. The van der Waals surface area contributed by atoms with Crippen LogP contribution in [-0.2, 0) is 0 Å². The molecule has 0 saturated carbocycles. The molecule has 1 aromatic rings. The molecule has 84 valence electrons. The van der Waals surface area contributed by atoms with Crippen molar-refractivity contribution < 1.29 is 5.11 Å². The molecule has 1 rings (SSSR count). The molecule has 5 nitrogen and oxygen atoms in total. The van der Waals surface area contributed by atoms with Gasteiger partial charge in [-0.15, -0.1) is 0 Å². The summed E-state index contributed by atoms with van der Waals surface area (Å²) in [6.07, 6.45) is 2.73. The van der Waals surface area contributed by atoms with Crippen molar-refractivity contribution in [1.29, 1.82) is 0 Å². The van der Waals surface area contributed by atoms with E-state index in [0.717, 1.165) is 0 Å². The van der Waals surface area contributed by atoms with Crippen LogP contribution in [0.3, 0.4) is 0 Å². The smallest absolute Gasteiger partial charge is 0.293 e. The predicted octanol–water partition coefficient (Wildman–Crippen LogP) is 0.617. The van der Waals surface area contributed by atoms with Gasteiger partial charge < -0.3 is 15.0 Å². The maximum atomic E-state index is 11.8. The molecule has 5 heteroatoms. The summed E-state index contributed by atoms with van der Waals surface area (Å²) in [5.41, 5.74) is -0.159. The molecule has 0 aromatic carbocycles. The standard InChI is InChI=1S/C10H17N3O2/c1-7(2)13-5-4-11-9(10(13)15)12-6-8(3)14/h4-5,7-8,14H,6H2,1-3H3,(H,11,12). The van der Waals surface area contributed by atoms with E-state index >= 15 is 0 Å². The number of hydrogen-bond donors (Lipinski definition) is 2. The third kappa shape index (κ3) is 3.06. The fourth-order valence-corrected chi connectivity index (χ4v) is 1.20. The van der Waals surface area contributed by atoms with Gasteiger partial charge in [-0.3, -0.25) is 4.79 Å². The van der Waals surface area contributed by atoms with Gasteiger partial charge in [-0.25, -0.2) is 4.98 Å². The van der Waals surface area contributed by atoms with E-state index < -0.39 is 6.10 Å². The summed E-state index contributed by atoms with van der Waals surface area (Å²) in [7, 11) is 0. The first-order chi connectivity index (χ1) is 7.02. The molecule has 0 fully saturated rings. The van der Waals surface area contributed by atoms with Crippen LogP contribution < -0.4 is 10.9 Å². The maximum Gasteiger partial charge on any atom is 0.293 e. The highest BCUT2D eigenvalue weighted by Crippen LogP contribution is 2.01. The van der Waals surface area contributed by atoms with Gasteiger partial charge in [0.2, 0.25) is 0 Å². The first kappa shape index (κ1) is 11.7. The Hall–Kier alpha value is -1.36. The summed E-state index contributed by atoms with van der Waals surface area (Å²) in [6.45, 7) is 5.83. The van der Waals surface area contributed by atoms with Gasteiger partial charge in [0.25, 0.3) is 5.56 Å². The van der Waals surface area contributed by atoms with E-state index in [-0.39, 0.29) is 17.4 Å². The minimum absolute atomic E-state index is 0.104. The average Bonchev–Trinajstić information content (AvgIpc) is 2.15. The van der Waals surface area contributed by atoms with Crippen LogP contribution in [0.4, 0.5) is 5.82 Å². The number of rotatable bonds is 4. The van der Waals surface area contributed by atoms with Gasteiger partial charge in [0.1, 0.15) is 0 Å². The van der Waals surface area contributed by atoms with Crippen molar-refractivity contribution in [2.75, 3.05) is 11.9 Å². The van der Waals surface area contributed by atoms with Crippen LogP contribution in [0.25, 0.3) is 0 Å². The molecule has 0 spiro atoms. The lowest BCUT2D eigenvalue weighted by Crippen LogP contribution is -2.28. The molecule has 0 aliphatic rings. The Kier molecular flexibility index (Phi) is 3.85. The largest absolute Gasteiger partial charge is 0.392 e. The van der Waals surface area contributed by atoms with Gasteiger partial charge >= 0.3 is 0 Å². The molecule has 1 heterocycles. The van der Waals surface area contributed by atoms with E-state index in [2.05, 4.69) is 10.3 Å². The molecule has 0 aliphatic heterocycles. The highest BCUT2D eigenvalue weighted by Gasteiger charge is 2.07. The zero-order valence-electron chi connectivity index (χ0n) is 9.27. The van der Waals surface area contributed by atoms with Crippen molar-refractivity contribution in [2.24, 2.45) is 0 Å². The van der Waals surface area contributed by atoms with Gasteiger partial charge in [0, 0.05) is 25.0 Å². The Bertz CT molecular complexity index is 371. The molecule has 2 N–H and O–H groups in total. The Balaban J connectivity index is 2.90. The number of hydrogen-bond acceptors (Lipinski definition) is 4. The maximum absolute atomic E-state index is 11.8. The van der Waals surface area contributed by atoms with E-state index in [1.165, 1.54) is 0 Å². The van der Waals surface area contributed by atoms with Crippen LogP contribution in [0.1, 0.15) is 26.8 Å². The van der Waals surface area contributed by atoms with Gasteiger partial charge in [0.15, 0.2) is 5.82 Å². The SMILES string of the molecule is CC(O)CNc1nccn(C(C)C)c1=O. The first-order valence-corrected chi connectivity index (χ1v) is 5.01. The molecule has 1 aromatic heterocycles. The minimum atomic E-state index is -0.501. The zero-order valence-corrected chi connectivity index (χ0v) is 9.27. The molecule has 1 atom stereocenters. The number of aromatic nitrogens is 2. The summed E-state index contributed by atoms with van der Waals surface area (Å²) in [6, 6.07) is 0.104. The zero-order chi connectivity index (χ0) is 11.4. The van der Waals surface area contributed by atoms with E-state index in [1.807, 2.05) is 13.8 Å². The number of nitrogens with zero attached hydrogens (tertiary/aromatic N) is 2. The summed E-state index contributed by atoms with van der Waals surface area (Å²) < 4.78 is 1.59. The summed E-state index contributed by atoms with van der Waals surface area (Å²) in [4.78, 5) is 15.7. The van der Waals surface area contributed by atoms with Crippen molar-refractivity contribution >= 4 is 5.82 Å². The lowest BCUT2D eigenvalue weighted by atomic mass is 10.3. The number of aliphatic hydroxyl groups excluding tert-OH is 1. The van der Waals surface area contributed by atoms with E-state index in [9.17, 15) is 4.79 Å². The lowest BCUT2D eigenvalue weighted by molar-refractivity contribution is 0.208. The molecule has 0 amide bonds. The van der Waals surface area contributed by atoms with Crippen molar-refractivity contribution in [2.45, 2.75) is 32.9 Å². The first-order valence-electron chi connectivity index (χ1n) is 5.01. The fourth-order valence-electron chi connectivity index (χ4n) is 1.20. The molecular weight excluding hydrogens is 194 g/mol. The predicted molar refractivity (Wildman–Crippen MR) is 59.1 cm³/mol. The topological polar surface area (TPSA) is 67.2 Å². The highest BCUT2D eigenvalue weighted by atomic mass is 16.3. The van der Waals surface area contributed by atoms with Crippen molar-refractivity contribution in [3.8, 4) is 0 Å². The monoisotopic (exact) mass is 211 g/mol. The number of anilines is 1. The molecular formula is C10H17N3O2. The van der Waals surface area contributed by atoms with E-state index in [0.29, 0.717) is 6.54 Å². The Morgan fingerprint density at radius 3 is 2.73 bits per heavy atom. The van der Waals surface area contributed by atoms with Gasteiger partial charge in [-0.1, -0.05) is 0 Å². The van der Waals surface area contributed by atoms with Crippen molar-refractivity contribution in [3.63, 3.8) is 0 Å². The minimum Gasteiger partial charge on any atom is -0.392 e. The Morgan fingerprint density at radius 1 is 1.53 bits per heavy atom. The fraction of sp³-hybridized carbons (Fsp3) is 0.600. The van der Waals surface area contributed by atoms with E-state index in [4.69, 9.17) is 5.11 Å². The van der Waals surface area contributed by atoms with Gasteiger partial charge in [-0.05, 0) is 20.8 Å². The number of aliphatic hydroxyl groups is 1. The van der Waals surface area contributed by atoms with Gasteiger partial charge in [0.05, 0.1) is 6.10 Å². The lowest BCUT2D eigenvalue weighted by Gasteiger charge is -2.12. The molecule has 0 bridgehead atoms. The second-order valence-corrected chi connectivity index (χ2v) is 3.81. The Labute approximate surface area is 88.8 Å². The van der Waals surface area contributed by atoms with Crippen LogP contribution in [0.5, 0.6) is 0 Å². The van der Waals surface area contributed by atoms with Crippen LogP contribution >= 0.6 is 0 Å². The highest BCUT2D eigenvalue weighted by molar-refractivity contribution is 5.30. The molecule has 0 saturated heterocycles. The summed E-state index contributed by atoms with van der Waals surface area (Å²) in [5, 5.41) is 11.9. The molecule has 0 aliphatic carbocycles. The van der Waals surface area contributed by atoms with E-state index in [1.54, 1.807) is 23.9 Å². The van der Waals surface area contributed by atoms with Crippen molar-refractivity contribution in [3.05, 3.63) is 22.7 Å². The van der Waals surface area contributed by atoms with Crippen LogP contribution in [0, 0.1) is 0 Å². The molecule has 1 unspecified atom stereocenters. The average molecular weight is 211 g/mol. The molecule has 15 heavy (non-hydrogen) atoms. The van der Waals surface area contributed by atoms with Crippen LogP contribution in [0.15, 0.2) is 17.2 Å². The third-order valence-electron chi connectivity index (χ3n) is 1.99.